The number of nitrogens with zero attached hydrogens (tertiary/aromatic N) is 2. The van der Waals surface area contributed by atoms with Crippen LogP contribution in [0.5, 0.6) is 0 Å². The molecule has 2 heterocycles. The van der Waals surface area contributed by atoms with E-state index in [1.807, 2.05) is 0 Å². The molecule has 0 aliphatic carbocycles. The third kappa shape index (κ3) is 3.34. The first-order valence-electron chi connectivity index (χ1n) is 7.14. The molecule has 0 bridgehead atoms. The fourth-order valence-corrected chi connectivity index (χ4v) is 3.69. The second-order valence-corrected chi connectivity index (χ2v) is 7.45. The molecule has 1 atom stereocenters. The summed E-state index contributed by atoms with van der Waals surface area (Å²) in [5, 5.41) is 13.2. The molecule has 0 radical (unpaired) electrons. The molecule has 2 aromatic rings. The van der Waals surface area contributed by atoms with Gasteiger partial charge in [-0.25, -0.2) is 4.98 Å². The zero-order valence-electron chi connectivity index (χ0n) is 12.9. The number of benzene rings is 1. The Bertz CT molecular complexity index is 1080. The molecule has 7 heteroatoms. The maximum atomic E-state index is 13.6. The quantitative estimate of drug-likeness (QED) is 0.398. The Labute approximate surface area is 144 Å². The SMILES string of the molecule is C=S1(=O)C=Cc2ccc(NC(=O)/C(C#N)=C/c3cccnc3F)cc21. The van der Waals surface area contributed by atoms with E-state index < -0.39 is 21.4 Å². The highest BCUT2D eigenvalue weighted by Crippen LogP contribution is 2.29. The maximum absolute atomic E-state index is 13.6. The topological polar surface area (TPSA) is 82.9 Å². The lowest BCUT2D eigenvalue weighted by Gasteiger charge is -2.08. The van der Waals surface area contributed by atoms with Crippen LogP contribution in [0.15, 0.2) is 52.4 Å². The predicted molar refractivity (Wildman–Crippen MR) is 95.4 cm³/mol. The van der Waals surface area contributed by atoms with Crippen molar-refractivity contribution in [2.45, 2.75) is 4.90 Å². The molecule has 0 saturated heterocycles. The third-order valence-corrected chi connectivity index (χ3v) is 5.24. The second-order valence-electron chi connectivity index (χ2n) is 5.29. The molecule has 1 amide bonds. The van der Waals surface area contributed by atoms with Gasteiger partial charge in [0.2, 0.25) is 5.95 Å². The van der Waals surface area contributed by atoms with Gasteiger partial charge in [0.05, 0.1) is 0 Å². The van der Waals surface area contributed by atoms with Gasteiger partial charge < -0.3 is 5.32 Å². The van der Waals surface area contributed by atoms with Gasteiger partial charge >= 0.3 is 0 Å². The van der Waals surface area contributed by atoms with Crippen LogP contribution in [0.25, 0.3) is 12.2 Å². The highest BCUT2D eigenvalue weighted by molar-refractivity contribution is 8.03. The molecule has 1 N–H and O–H groups in total. The molecule has 1 unspecified atom stereocenters. The first-order chi connectivity index (χ1) is 11.9. The third-order valence-electron chi connectivity index (χ3n) is 3.56. The minimum atomic E-state index is -2.51. The molecule has 0 saturated carbocycles. The number of rotatable bonds is 3. The summed E-state index contributed by atoms with van der Waals surface area (Å²) in [6.07, 6.45) is 4.10. The fourth-order valence-electron chi connectivity index (χ4n) is 2.31. The van der Waals surface area contributed by atoms with Crippen molar-refractivity contribution < 1.29 is 13.4 Å². The van der Waals surface area contributed by atoms with Gasteiger partial charge in [0.1, 0.15) is 11.6 Å². The summed E-state index contributed by atoms with van der Waals surface area (Å²) in [6, 6.07) is 9.54. The van der Waals surface area contributed by atoms with Crippen LogP contribution in [0, 0.1) is 17.3 Å². The summed E-state index contributed by atoms with van der Waals surface area (Å²) in [5.74, 6) is 2.19. The van der Waals surface area contributed by atoms with Crippen molar-refractivity contribution in [2.24, 2.45) is 0 Å². The molecule has 5 nitrogen and oxygen atoms in total. The summed E-state index contributed by atoms with van der Waals surface area (Å²) in [7, 11) is -2.51. The van der Waals surface area contributed by atoms with Gasteiger partial charge in [-0.3, -0.25) is 9.00 Å². The Morgan fingerprint density at radius 2 is 2.20 bits per heavy atom. The average molecular weight is 353 g/mol. The minimum absolute atomic E-state index is 0.0353. The van der Waals surface area contributed by atoms with Crippen LogP contribution in [-0.2, 0) is 14.3 Å². The molecular weight excluding hydrogens is 341 g/mol. The van der Waals surface area contributed by atoms with E-state index in [2.05, 4.69) is 16.2 Å². The summed E-state index contributed by atoms with van der Waals surface area (Å²) >= 11 is 0. The number of halogens is 1. The van der Waals surface area contributed by atoms with Gasteiger partial charge in [0.15, 0.2) is 0 Å². The van der Waals surface area contributed by atoms with Crippen LogP contribution >= 0.6 is 0 Å². The van der Waals surface area contributed by atoms with Crippen LogP contribution in [0.1, 0.15) is 11.1 Å². The van der Waals surface area contributed by atoms with Crippen LogP contribution in [0.4, 0.5) is 10.1 Å². The largest absolute Gasteiger partial charge is 0.321 e. The summed E-state index contributed by atoms with van der Waals surface area (Å²) < 4.78 is 25.9. The standard InChI is InChI=1S/C18H12FN3O2S/c1-25(24)8-6-12-4-5-15(10-16(12)25)22-18(23)14(11-20)9-13-3-2-7-21-17(13)19/h2-10H,1H2,(H,22,23)/b14-9+. The van der Waals surface area contributed by atoms with Gasteiger partial charge in [-0.05, 0) is 53.3 Å². The molecular formula is C18H12FN3O2S. The number of carbonyl (C=O) groups excluding carboxylic acids is 1. The van der Waals surface area contributed by atoms with E-state index >= 15 is 0 Å². The number of nitrogens with one attached hydrogen (secondary N) is 1. The normalized spacial score (nSPS) is 18.5. The molecule has 1 aromatic carbocycles. The van der Waals surface area contributed by atoms with Crippen molar-refractivity contribution in [3.63, 3.8) is 0 Å². The van der Waals surface area contributed by atoms with E-state index in [-0.39, 0.29) is 11.1 Å². The van der Waals surface area contributed by atoms with E-state index in [1.54, 1.807) is 30.3 Å². The Morgan fingerprint density at radius 1 is 1.40 bits per heavy atom. The summed E-state index contributed by atoms with van der Waals surface area (Å²) in [4.78, 5) is 16.3. The summed E-state index contributed by atoms with van der Waals surface area (Å²) in [6.45, 7) is 0. The average Bonchev–Trinajstić information content (AvgIpc) is 2.89. The number of amides is 1. The molecule has 0 spiro atoms. The van der Waals surface area contributed by atoms with E-state index in [9.17, 15) is 18.7 Å². The monoisotopic (exact) mass is 353 g/mol. The first-order valence-corrected chi connectivity index (χ1v) is 8.93. The molecule has 1 aromatic heterocycles. The molecule has 124 valence electrons. The summed E-state index contributed by atoms with van der Waals surface area (Å²) in [5.41, 5.74) is 0.900. The van der Waals surface area contributed by atoms with Crippen molar-refractivity contribution >= 4 is 39.1 Å². The number of hydrogen-bond donors (Lipinski definition) is 1. The van der Waals surface area contributed by atoms with Gasteiger partial charge in [-0.15, -0.1) is 0 Å². The minimum Gasteiger partial charge on any atom is -0.321 e. The fraction of sp³-hybridized carbons (Fsp3) is 0. The predicted octanol–water partition coefficient (Wildman–Crippen LogP) is 2.83. The number of anilines is 1. The lowest BCUT2D eigenvalue weighted by molar-refractivity contribution is -0.112. The van der Waals surface area contributed by atoms with Crippen LogP contribution in [0.3, 0.4) is 0 Å². The number of fused-ring (bicyclic) bond motifs is 1. The highest BCUT2D eigenvalue weighted by atomic mass is 32.2. The van der Waals surface area contributed by atoms with Gasteiger partial charge in [0, 0.05) is 31.9 Å². The van der Waals surface area contributed by atoms with Crippen molar-refractivity contribution in [2.75, 3.05) is 5.32 Å². The van der Waals surface area contributed by atoms with E-state index in [1.165, 1.54) is 23.7 Å². The first kappa shape index (κ1) is 16.6. The molecule has 0 fully saturated rings. The Kier molecular flexibility index (Phi) is 4.21. The number of pyridine rings is 1. The van der Waals surface area contributed by atoms with Gasteiger partial charge in [-0.1, -0.05) is 6.07 Å². The Balaban J connectivity index is 1.88. The van der Waals surface area contributed by atoms with E-state index in [4.69, 9.17) is 0 Å². The number of hydrogen-bond acceptors (Lipinski definition) is 4. The Hall–Kier alpha value is -3.24. The van der Waals surface area contributed by atoms with E-state index in [0.717, 1.165) is 11.6 Å². The van der Waals surface area contributed by atoms with Crippen molar-refractivity contribution in [1.29, 1.82) is 5.26 Å². The van der Waals surface area contributed by atoms with E-state index in [0.29, 0.717) is 10.6 Å². The highest BCUT2D eigenvalue weighted by Gasteiger charge is 2.17. The van der Waals surface area contributed by atoms with Gasteiger partial charge in [-0.2, -0.15) is 9.65 Å². The molecule has 3 rings (SSSR count). The molecule has 25 heavy (non-hydrogen) atoms. The molecule has 1 aliphatic rings. The maximum Gasteiger partial charge on any atom is 0.266 e. The van der Waals surface area contributed by atoms with Crippen LogP contribution in [-0.4, -0.2) is 21.0 Å². The zero-order valence-corrected chi connectivity index (χ0v) is 13.7. The Morgan fingerprint density at radius 3 is 2.92 bits per heavy atom. The lowest BCUT2D eigenvalue weighted by Crippen LogP contribution is -2.14. The second kappa shape index (κ2) is 6.34. The van der Waals surface area contributed by atoms with Crippen molar-refractivity contribution in [3.05, 3.63) is 64.6 Å². The zero-order chi connectivity index (χ0) is 18.0. The molecule has 1 aliphatic heterocycles. The van der Waals surface area contributed by atoms with Crippen LogP contribution in [0.2, 0.25) is 0 Å². The number of nitriles is 1. The van der Waals surface area contributed by atoms with Crippen molar-refractivity contribution in [3.8, 4) is 6.07 Å². The van der Waals surface area contributed by atoms with Crippen LogP contribution < -0.4 is 5.32 Å². The number of carbonyl (C=O) groups is 1. The van der Waals surface area contributed by atoms with Gasteiger partial charge in [0.25, 0.3) is 5.91 Å². The smallest absolute Gasteiger partial charge is 0.266 e. The number of aromatic nitrogens is 1. The van der Waals surface area contributed by atoms with Crippen molar-refractivity contribution in [1.82, 2.24) is 4.98 Å². The lowest BCUT2D eigenvalue weighted by atomic mass is 10.1.